The van der Waals surface area contributed by atoms with Crippen LogP contribution in [0, 0.1) is 0 Å². The van der Waals surface area contributed by atoms with Gasteiger partial charge in [-0.2, -0.15) is 0 Å². The van der Waals surface area contributed by atoms with E-state index in [0.29, 0.717) is 11.3 Å². The van der Waals surface area contributed by atoms with E-state index in [4.69, 9.17) is 10.2 Å². The van der Waals surface area contributed by atoms with E-state index in [2.05, 4.69) is 5.32 Å². The molecular weight excluding hydrogens is 240 g/mol. The topological polar surface area (TPSA) is 68.3 Å². The highest BCUT2D eigenvalue weighted by Crippen LogP contribution is 2.08. The summed E-state index contributed by atoms with van der Waals surface area (Å²) in [4.78, 5) is 12.0. The van der Waals surface area contributed by atoms with Crippen molar-refractivity contribution in [2.75, 3.05) is 5.73 Å². The molecule has 1 amide bonds. The van der Waals surface area contributed by atoms with Crippen LogP contribution in [-0.2, 0) is 6.42 Å². The Bertz CT molecular complexity index is 518. The summed E-state index contributed by atoms with van der Waals surface area (Å²) in [5.74, 6) is 0.862. The molecule has 0 saturated carbocycles. The van der Waals surface area contributed by atoms with Crippen LogP contribution in [0.3, 0.4) is 0 Å². The quantitative estimate of drug-likeness (QED) is 0.810. The molecule has 3 N–H and O–H groups in total. The molecule has 0 aliphatic carbocycles. The number of hydrogen-bond donors (Lipinski definition) is 2. The Morgan fingerprint density at radius 2 is 2.05 bits per heavy atom. The predicted molar refractivity (Wildman–Crippen MR) is 74.8 cm³/mol. The number of carbonyl (C=O) groups excluding carboxylic acids is 1. The van der Waals surface area contributed by atoms with E-state index in [1.54, 1.807) is 30.5 Å². The van der Waals surface area contributed by atoms with E-state index in [9.17, 15) is 4.79 Å². The molecule has 4 nitrogen and oxygen atoms in total. The summed E-state index contributed by atoms with van der Waals surface area (Å²) in [6.07, 6.45) is 3.32. The van der Waals surface area contributed by atoms with Gasteiger partial charge in [0.15, 0.2) is 0 Å². The van der Waals surface area contributed by atoms with E-state index in [1.807, 2.05) is 19.1 Å². The number of amides is 1. The highest BCUT2D eigenvalue weighted by Gasteiger charge is 2.10. The van der Waals surface area contributed by atoms with Crippen molar-refractivity contribution in [3.05, 3.63) is 54.0 Å². The third-order valence-corrected chi connectivity index (χ3v) is 2.95. The molecule has 1 atom stereocenters. The maximum atomic E-state index is 12.0. The van der Waals surface area contributed by atoms with E-state index in [1.165, 1.54) is 0 Å². The fraction of sp³-hybridized carbons (Fsp3) is 0.267. The molecule has 0 aliphatic rings. The highest BCUT2D eigenvalue weighted by molar-refractivity contribution is 5.94. The molecule has 1 unspecified atom stereocenters. The predicted octanol–water partition coefficient (Wildman–Crippen LogP) is 2.61. The fourth-order valence-electron chi connectivity index (χ4n) is 1.83. The van der Waals surface area contributed by atoms with E-state index < -0.39 is 0 Å². The molecule has 0 saturated heterocycles. The van der Waals surface area contributed by atoms with Crippen LogP contribution in [0.5, 0.6) is 0 Å². The van der Waals surface area contributed by atoms with Crippen molar-refractivity contribution in [3.8, 4) is 0 Å². The lowest BCUT2D eigenvalue weighted by atomic mass is 10.1. The van der Waals surface area contributed by atoms with Gasteiger partial charge in [0, 0.05) is 23.7 Å². The maximum Gasteiger partial charge on any atom is 0.251 e. The standard InChI is InChI=1S/C15H18N2O2/c1-11(4-9-14-3-2-10-19-14)17-15(18)12-5-7-13(16)8-6-12/h2-3,5-8,10-11H,4,9,16H2,1H3,(H,17,18). The van der Waals surface area contributed by atoms with Crippen molar-refractivity contribution in [2.45, 2.75) is 25.8 Å². The first-order valence-corrected chi connectivity index (χ1v) is 6.34. The molecule has 0 radical (unpaired) electrons. The summed E-state index contributed by atoms with van der Waals surface area (Å²) in [6, 6.07) is 10.8. The molecular formula is C15H18N2O2. The number of benzene rings is 1. The third-order valence-electron chi connectivity index (χ3n) is 2.95. The van der Waals surface area contributed by atoms with E-state index in [0.717, 1.165) is 18.6 Å². The summed E-state index contributed by atoms with van der Waals surface area (Å²) in [6.45, 7) is 1.98. The SMILES string of the molecule is CC(CCc1ccco1)NC(=O)c1ccc(N)cc1. The lowest BCUT2D eigenvalue weighted by Crippen LogP contribution is -2.32. The van der Waals surface area contributed by atoms with Gasteiger partial charge in [-0.1, -0.05) is 0 Å². The van der Waals surface area contributed by atoms with Gasteiger partial charge >= 0.3 is 0 Å². The summed E-state index contributed by atoms with van der Waals surface area (Å²) >= 11 is 0. The normalized spacial score (nSPS) is 12.1. The van der Waals surface area contributed by atoms with Gasteiger partial charge in [-0.15, -0.1) is 0 Å². The molecule has 1 aromatic heterocycles. The zero-order valence-electron chi connectivity index (χ0n) is 10.9. The van der Waals surface area contributed by atoms with Gasteiger partial charge in [0.05, 0.1) is 6.26 Å². The summed E-state index contributed by atoms with van der Waals surface area (Å²) < 4.78 is 5.26. The van der Waals surface area contributed by atoms with Crippen LogP contribution >= 0.6 is 0 Å². The number of rotatable bonds is 5. The first-order valence-electron chi connectivity index (χ1n) is 6.34. The van der Waals surface area contributed by atoms with Crippen molar-refractivity contribution in [1.82, 2.24) is 5.32 Å². The number of nitrogens with two attached hydrogens (primary N) is 1. The van der Waals surface area contributed by atoms with E-state index >= 15 is 0 Å². The van der Waals surface area contributed by atoms with Crippen molar-refractivity contribution in [2.24, 2.45) is 0 Å². The second kappa shape index (κ2) is 6.09. The largest absolute Gasteiger partial charge is 0.469 e. The molecule has 19 heavy (non-hydrogen) atoms. The monoisotopic (exact) mass is 258 g/mol. The van der Waals surface area contributed by atoms with Gasteiger partial charge in [0.1, 0.15) is 5.76 Å². The van der Waals surface area contributed by atoms with Crippen LogP contribution < -0.4 is 11.1 Å². The summed E-state index contributed by atoms with van der Waals surface area (Å²) in [7, 11) is 0. The number of nitrogens with one attached hydrogen (secondary N) is 1. The maximum absolute atomic E-state index is 12.0. The highest BCUT2D eigenvalue weighted by atomic mass is 16.3. The molecule has 1 aromatic carbocycles. The van der Waals surface area contributed by atoms with Gasteiger partial charge < -0.3 is 15.5 Å². The Hall–Kier alpha value is -2.23. The number of anilines is 1. The van der Waals surface area contributed by atoms with Gasteiger partial charge in [-0.25, -0.2) is 0 Å². The van der Waals surface area contributed by atoms with Crippen LogP contribution in [0.2, 0.25) is 0 Å². The first-order chi connectivity index (χ1) is 9.15. The molecule has 0 aliphatic heterocycles. The lowest BCUT2D eigenvalue weighted by Gasteiger charge is -2.13. The Balaban J connectivity index is 1.83. The number of furan rings is 1. The zero-order chi connectivity index (χ0) is 13.7. The second-order valence-corrected chi connectivity index (χ2v) is 4.61. The second-order valence-electron chi connectivity index (χ2n) is 4.61. The Kier molecular flexibility index (Phi) is 4.23. The molecule has 4 heteroatoms. The minimum atomic E-state index is -0.0769. The summed E-state index contributed by atoms with van der Waals surface area (Å²) in [5, 5.41) is 2.96. The third kappa shape index (κ3) is 3.88. The van der Waals surface area contributed by atoms with Crippen molar-refractivity contribution in [1.29, 1.82) is 0 Å². The molecule has 0 spiro atoms. The molecule has 0 bridgehead atoms. The molecule has 100 valence electrons. The van der Waals surface area contributed by atoms with Crippen LogP contribution in [0.15, 0.2) is 47.1 Å². The van der Waals surface area contributed by atoms with Gasteiger partial charge in [0.25, 0.3) is 5.91 Å². The van der Waals surface area contributed by atoms with Crippen LogP contribution in [0.25, 0.3) is 0 Å². The van der Waals surface area contributed by atoms with Crippen molar-refractivity contribution >= 4 is 11.6 Å². The average Bonchev–Trinajstić information content (AvgIpc) is 2.90. The number of aryl methyl sites for hydroxylation is 1. The molecule has 2 aromatic rings. The van der Waals surface area contributed by atoms with Crippen LogP contribution in [0.1, 0.15) is 29.5 Å². The van der Waals surface area contributed by atoms with Gasteiger partial charge in [0.2, 0.25) is 0 Å². The smallest absolute Gasteiger partial charge is 0.251 e. The Morgan fingerprint density at radius 1 is 1.32 bits per heavy atom. The molecule has 2 rings (SSSR count). The first kappa shape index (κ1) is 13.2. The van der Waals surface area contributed by atoms with Crippen molar-refractivity contribution < 1.29 is 9.21 Å². The van der Waals surface area contributed by atoms with Crippen molar-refractivity contribution in [3.63, 3.8) is 0 Å². The lowest BCUT2D eigenvalue weighted by molar-refractivity contribution is 0.0938. The van der Waals surface area contributed by atoms with Crippen LogP contribution in [0.4, 0.5) is 5.69 Å². The minimum Gasteiger partial charge on any atom is -0.469 e. The van der Waals surface area contributed by atoms with E-state index in [-0.39, 0.29) is 11.9 Å². The number of hydrogen-bond acceptors (Lipinski definition) is 3. The van der Waals surface area contributed by atoms with Gasteiger partial charge in [-0.3, -0.25) is 4.79 Å². The minimum absolute atomic E-state index is 0.0769. The summed E-state index contributed by atoms with van der Waals surface area (Å²) in [5.41, 5.74) is 6.87. The fourth-order valence-corrected chi connectivity index (χ4v) is 1.83. The molecule has 1 heterocycles. The average molecular weight is 258 g/mol. The number of carbonyl (C=O) groups is 1. The van der Waals surface area contributed by atoms with Crippen LogP contribution in [-0.4, -0.2) is 11.9 Å². The zero-order valence-corrected chi connectivity index (χ0v) is 10.9. The number of nitrogen functional groups attached to an aromatic ring is 1. The Morgan fingerprint density at radius 3 is 2.68 bits per heavy atom. The molecule has 0 fully saturated rings. The van der Waals surface area contributed by atoms with Gasteiger partial charge in [-0.05, 0) is 49.7 Å². The Labute approximate surface area is 112 Å².